The number of carboxylic acid groups (broad SMARTS) is 1. The van der Waals surface area contributed by atoms with Crippen LogP contribution >= 0.6 is 11.3 Å². The summed E-state index contributed by atoms with van der Waals surface area (Å²) in [6.45, 7) is 2.03. The molecular formula is C17H16N4O3S. The number of carbonyl (C=O) groups excluding carboxylic acids is 1. The molecule has 0 radical (unpaired) electrons. The molecule has 3 rings (SSSR count). The predicted octanol–water partition coefficient (Wildman–Crippen LogP) is 2.77. The Balaban J connectivity index is 1.63. The molecule has 25 heavy (non-hydrogen) atoms. The Morgan fingerprint density at radius 1 is 1.24 bits per heavy atom. The number of nitrogens with zero attached hydrogens (tertiary/aromatic N) is 3. The molecule has 2 heterocycles. The fraction of sp³-hybridized carbons (Fsp3) is 0.176. The van der Waals surface area contributed by atoms with Gasteiger partial charge in [-0.05, 0) is 36.8 Å². The van der Waals surface area contributed by atoms with E-state index < -0.39 is 5.97 Å². The van der Waals surface area contributed by atoms with Crippen LogP contribution in [0.2, 0.25) is 0 Å². The van der Waals surface area contributed by atoms with Gasteiger partial charge in [0.05, 0.1) is 22.8 Å². The first kappa shape index (κ1) is 16.8. The minimum absolute atomic E-state index is 0.0212. The Morgan fingerprint density at radius 2 is 2.00 bits per heavy atom. The van der Waals surface area contributed by atoms with Crippen LogP contribution in [0.4, 0.5) is 5.69 Å². The molecule has 0 aliphatic carbocycles. The summed E-state index contributed by atoms with van der Waals surface area (Å²) in [4.78, 5) is 27.3. The molecule has 0 bridgehead atoms. The minimum Gasteiger partial charge on any atom is -0.476 e. The highest BCUT2D eigenvalue weighted by Gasteiger charge is 2.09. The monoisotopic (exact) mass is 356 g/mol. The molecule has 0 aliphatic rings. The number of carboxylic acids is 1. The van der Waals surface area contributed by atoms with Gasteiger partial charge in [0.1, 0.15) is 0 Å². The molecule has 7 nitrogen and oxygen atoms in total. The first-order chi connectivity index (χ1) is 12.0. The number of benzene rings is 1. The van der Waals surface area contributed by atoms with Crippen molar-refractivity contribution >= 4 is 28.9 Å². The van der Waals surface area contributed by atoms with Gasteiger partial charge in [0, 0.05) is 17.3 Å². The molecule has 2 aromatic heterocycles. The average molecular weight is 356 g/mol. The van der Waals surface area contributed by atoms with Gasteiger partial charge >= 0.3 is 5.97 Å². The van der Waals surface area contributed by atoms with Crippen molar-refractivity contribution in [1.29, 1.82) is 0 Å². The number of carbonyl (C=O) groups is 2. The second-order valence-corrected chi connectivity index (χ2v) is 6.25. The van der Waals surface area contributed by atoms with Crippen LogP contribution in [0, 0.1) is 0 Å². The van der Waals surface area contributed by atoms with Crippen LogP contribution in [0.5, 0.6) is 0 Å². The van der Waals surface area contributed by atoms with Crippen LogP contribution in [0.1, 0.15) is 28.1 Å². The zero-order valence-electron chi connectivity index (χ0n) is 13.5. The lowest BCUT2D eigenvalue weighted by molar-refractivity contribution is -0.115. The molecule has 3 aromatic rings. The summed E-state index contributed by atoms with van der Waals surface area (Å²) in [6, 6.07) is 8.43. The van der Waals surface area contributed by atoms with Gasteiger partial charge in [-0.2, -0.15) is 5.10 Å². The van der Waals surface area contributed by atoms with E-state index >= 15 is 0 Å². The standard InChI is InChI=1S/C17H16N4O3S/c1-2-16-19-12(10-25-16)9-15(22)18-11-3-5-13(6-4-11)21-8-7-14(20-21)17(23)24/h3-8,10H,2,9H2,1H3,(H,18,22)(H,23,24). The first-order valence-corrected chi connectivity index (χ1v) is 8.55. The third-order valence-electron chi connectivity index (χ3n) is 3.47. The molecule has 0 unspecified atom stereocenters. The smallest absolute Gasteiger partial charge is 0.356 e. The average Bonchev–Trinajstić information content (AvgIpc) is 3.24. The molecule has 0 saturated heterocycles. The van der Waals surface area contributed by atoms with Crippen LogP contribution in [-0.4, -0.2) is 31.7 Å². The summed E-state index contributed by atoms with van der Waals surface area (Å²) >= 11 is 1.56. The van der Waals surface area contributed by atoms with Crippen molar-refractivity contribution in [2.45, 2.75) is 19.8 Å². The van der Waals surface area contributed by atoms with Crippen molar-refractivity contribution in [2.75, 3.05) is 5.32 Å². The van der Waals surface area contributed by atoms with Crippen molar-refractivity contribution in [2.24, 2.45) is 0 Å². The zero-order valence-corrected chi connectivity index (χ0v) is 14.3. The van der Waals surface area contributed by atoms with Crippen LogP contribution in [0.3, 0.4) is 0 Å². The molecule has 0 atom stereocenters. The van der Waals surface area contributed by atoms with Gasteiger partial charge in [0.2, 0.25) is 5.91 Å². The van der Waals surface area contributed by atoms with Gasteiger partial charge < -0.3 is 10.4 Å². The summed E-state index contributed by atoms with van der Waals surface area (Å²) in [5.74, 6) is -1.20. The molecule has 8 heteroatoms. The highest BCUT2D eigenvalue weighted by atomic mass is 32.1. The Morgan fingerprint density at radius 3 is 2.60 bits per heavy atom. The van der Waals surface area contributed by atoms with Crippen molar-refractivity contribution in [3.63, 3.8) is 0 Å². The Labute approximate surface area is 148 Å². The fourth-order valence-electron chi connectivity index (χ4n) is 2.24. The predicted molar refractivity (Wildman–Crippen MR) is 94.3 cm³/mol. The summed E-state index contributed by atoms with van der Waals surface area (Å²) in [7, 11) is 0. The largest absolute Gasteiger partial charge is 0.476 e. The van der Waals surface area contributed by atoms with E-state index in [1.165, 1.54) is 10.7 Å². The Bertz CT molecular complexity index is 899. The van der Waals surface area contributed by atoms with Crippen LogP contribution < -0.4 is 5.32 Å². The molecule has 1 amide bonds. The number of aryl methyl sites for hydroxylation is 1. The van der Waals surface area contributed by atoms with E-state index in [1.807, 2.05) is 12.3 Å². The summed E-state index contributed by atoms with van der Waals surface area (Å²) in [6.07, 6.45) is 2.68. The SMILES string of the molecule is CCc1nc(CC(=O)Nc2ccc(-n3ccc(C(=O)O)n3)cc2)cs1. The van der Waals surface area contributed by atoms with E-state index in [2.05, 4.69) is 15.4 Å². The molecule has 0 saturated carbocycles. The lowest BCUT2D eigenvalue weighted by Crippen LogP contribution is -2.14. The number of aromatic nitrogens is 3. The first-order valence-electron chi connectivity index (χ1n) is 7.67. The van der Waals surface area contributed by atoms with Crippen molar-refractivity contribution < 1.29 is 14.7 Å². The molecule has 0 spiro atoms. The van der Waals surface area contributed by atoms with Gasteiger partial charge in [0.25, 0.3) is 0 Å². The van der Waals surface area contributed by atoms with Crippen LogP contribution in [-0.2, 0) is 17.6 Å². The highest BCUT2D eigenvalue weighted by Crippen LogP contribution is 2.15. The Hall–Kier alpha value is -3.00. The topological polar surface area (TPSA) is 97.1 Å². The third kappa shape index (κ3) is 4.10. The van der Waals surface area contributed by atoms with E-state index in [-0.39, 0.29) is 18.0 Å². The lowest BCUT2D eigenvalue weighted by Gasteiger charge is -2.06. The van der Waals surface area contributed by atoms with E-state index in [9.17, 15) is 9.59 Å². The summed E-state index contributed by atoms with van der Waals surface area (Å²) < 4.78 is 1.47. The number of rotatable bonds is 6. The molecule has 1 aromatic carbocycles. The quantitative estimate of drug-likeness (QED) is 0.708. The zero-order chi connectivity index (χ0) is 17.8. The van der Waals surface area contributed by atoms with Crippen molar-refractivity contribution in [3.8, 4) is 5.69 Å². The van der Waals surface area contributed by atoms with E-state index in [0.717, 1.165) is 17.1 Å². The highest BCUT2D eigenvalue weighted by molar-refractivity contribution is 7.09. The number of amides is 1. The lowest BCUT2D eigenvalue weighted by atomic mass is 10.2. The molecular weight excluding hydrogens is 340 g/mol. The van der Waals surface area contributed by atoms with Crippen LogP contribution in [0.15, 0.2) is 41.9 Å². The van der Waals surface area contributed by atoms with Gasteiger partial charge in [-0.15, -0.1) is 11.3 Å². The third-order valence-corrected chi connectivity index (χ3v) is 4.51. The second kappa shape index (κ2) is 7.27. The molecule has 2 N–H and O–H groups in total. The van der Waals surface area contributed by atoms with Gasteiger partial charge in [-0.1, -0.05) is 6.92 Å². The number of nitrogens with one attached hydrogen (secondary N) is 1. The maximum absolute atomic E-state index is 12.1. The molecule has 0 aliphatic heterocycles. The normalized spacial score (nSPS) is 10.6. The second-order valence-electron chi connectivity index (χ2n) is 5.31. The van der Waals surface area contributed by atoms with Gasteiger partial charge in [-0.3, -0.25) is 4.79 Å². The molecule has 0 fully saturated rings. The minimum atomic E-state index is -1.07. The van der Waals surface area contributed by atoms with E-state index in [0.29, 0.717) is 11.4 Å². The number of anilines is 1. The fourth-order valence-corrected chi connectivity index (χ4v) is 2.99. The number of thiazole rings is 1. The number of aromatic carboxylic acids is 1. The van der Waals surface area contributed by atoms with Gasteiger partial charge in [-0.25, -0.2) is 14.5 Å². The van der Waals surface area contributed by atoms with E-state index in [1.54, 1.807) is 41.8 Å². The van der Waals surface area contributed by atoms with Gasteiger partial charge in [0.15, 0.2) is 5.69 Å². The molecule has 128 valence electrons. The van der Waals surface area contributed by atoms with Crippen LogP contribution in [0.25, 0.3) is 5.69 Å². The summed E-state index contributed by atoms with van der Waals surface area (Å²) in [5, 5.41) is 18.6. The number of hydrogen-bond acceptors (Lipinski definition) is 5. The van der Waals surface area contributed by atoms with Crippen molar-refractivity contribution in [1.82, 2.24) is 14.8 Å². The maximum atomic E-state index is 12.1. The maximum Gasteiger partial charge on any atom is 0.356 e. The Kier molecular flexibility index (Phi) is 4.90. The van der Waals surface area contributed by atoms with Crippen molar-refractivity contribution in [3.05, 3.63) is 58.3 Å². The summed E-state index contributed by atoms with van der Waals surface area (Å²) in [5.41, 5.74) is 2.11. The number of hydrogen-bond donors (Lipinski definition) is 2. The van der Waals surface area contributed by atoms with E-state index in [4.69, 9.17) is 5.11 Å².